The number of hydrogen-bond donors (Lipinski definition) is 1. The maximum atomic E-state index is 4.98. The second kappa shape index (κ2) is 11.9. The predicted octanol–water partition coefficient (Wildman–Crippen LogP) is 7.28. The van der Waals surface area contributed by atoms with Gasteiger partial charge in [0.1, 0.15) is 0 Å². The van der Waals surface area contributed by atoms with Gasteiger partial charge in [-0.2, -0.15) is 0 Å². The topological polar surface area (TPSA) is 24.4 Å². The molecule has 1 aromatic rings. The Morgan fingerprint density at radius 2 is 1.81 bits per heavy atom. The Morgan fingerprint density at radius 1 is 1.19 bits per heavy atom. The zero-order valence-electron chi connectivity index (χ0n) is 19.0. The van der Waals surface area contributed by atoms with E-state index < -0.39 is 0 Å². The summed E-state index contributed by atoms with van der Waals surface area (Å²) in [7, 11) is 0. The standard InChI is InChI=1S/C17H27NS.C7H15N/c1-8-19-14-10-9-13(4)15(11-14)18-16(12(2)3)17(5,6)7;1-2-7-3-5-8-6-4-7/h9-12H,8H2,1-7H3;7-8H,2-6H2,1H3. The maximum Gasteiger partial charge on any atom is 0.0669 e. The van der Waals surface area contributed by atoms with Gasteiger partial charge in [0.2, 0.25) is 0 Å². The number of piperidine rings is 1. The molecule has 1 fully saturated rings. The van der Waals surface area contributed by atoms with Gasteiger partial charge in [0.05, 0.1) is 5.69 Å². The van der Waals surface area contributed by atoms with Crippen LogP contribution in [0.3, 0.4) is 0 Å². The van der Waals surface area contributed by atoms with E-state index in [9.17, 15) is 0 Å². The van der Waals surface area contributed by atoms with Crippen molar-refractivity contribution < 1.29 is 0 Å². The molecular formula is C24H42N2S. The van der Waals surface area contributed by atoms with Crippen molar-refractivity contribution in [2.75, 3.05) is 18.8 Å². The van der Waals surface area contributed by atoms with Gasteiger partial charge in [0.15, 0.2) is 0 Å². The fourth-order valence-corrected chi connectivity index (χ4v) is 4.24. The zero-order chi connectivity index (χ0) is 20.4. The van der Waals surface area contributed by atoms with Crippen LogP contribution in [0.25, 0.3) is 0 Å². The molecule has 0 amide bonds. The SMILES string of the molecule is CCC1CCNCC1.CCSc1ccc(C)c(N=C(C(C)C)C(C)(C)C)c1. The summed E-state index contributed by atoms with van der Waals surface area (Å²) in [4.78, 5) is 6.28. The lowest BCUT2D eigenvalue weighted by atomic mass is 9.83. The molecule has 0 saturated carbocycles. The molecule has 0 aromatic heterocycles. The average molecular weight is 391 g/mol. The largest absolute Gasteiger partial charge is 0.317 e. The van der Waals surface area contributed by atoms with Crippen molar-refractivity contribution in [1.29, 1.82) is 0 Å². The highest BCUT2D eigenvalue weighted by atomic mass is 32.2. The molecule has 0 bridgehead atoms. The molecule has 1 aliphatic rings. The number of nitrogens with zero attached hydrogens (tertiary/aromatic N) is 1. The molecule has 1 N–H and O–H groups in total. The zero-order valence-corrected chi connectivity index (χ0v) is 19.8. The van der Waals surface area contributed by atoms with Gasteiger partial charge in [0, 0.05) is 16.0 Å². The van der Waals surface area contributed by atoms with Gasteiger partial charge >= 0.3 is 0 Å². The minimum atomic E-state index is 0.120. The molecule has 1 saturated heterocycles. The summed E-state index contributed by atoms with van der Waals surface area (Å²) >= 11 is 1.87. The molecule has 1 heterocycles. The first kappa shape index (κ1) is 24.2. The lowest BCUT2D eigenvalue weighted by Gasteiger charge is -2.25. The van der Waals surface area contributed by atoms with Gasteiger partial charge in [-0.05, 0) is 68.1 Å². The Morgan fingerprint density at radius 3 is 2.26 bits per heavy atom. The minimum absolute atomic E-state index is 0.120. The number of benzene rings is 1. The smallest absolute Gasteiger partial charge is 0.0669 e. The van der Waals surface area contributed by atoms with E-state index in [1.807, 2.05) is 11.8 Å². The van der Waals surface area contributed by atoms with Crippen LogP contribution < -0.4 is 5.32 Å². The van der Waals surface area contributed by atoms with E-state index in [4.69, 9.17) is 4.99 Å². The second-order valence-corrected chi connectivity index (χ2v) is 10.2. The van der Waals surface area contributed by atoms with Crippen molar-refractivity contribution in [2.24, 2.45) is 22.2 Å². The molecule has 0 aliphatic carbocycles. The van der Waals surface area contributed by atoms with Crippen molar-refractivity contribution in [3.05, 3.63) is 23.8 Å². The van der Waals surface area contributed by atoms with Crippen LogP contribution in [0, 0.1) is 24.2 Å². The van der Waals surface area contributed by atoms with Crippen molar-refractivity contribution in [2.45, 2.75) is 79.5 Å². The molecule has 0 spiro atoms. The molecule has 0 unspecified atom stereocenters. The number of hydrogen-bond acceptors (Lipinski definition) is 3. The molecule has 1 aromatic carbocycles. The monoisotopic (exact) mass is 390 g/mol. The van der Waals surface area contributed by atoms with Crippen LogP contribution in [0.4, 0.5) is 5.69 Å². The van der Waals surface area contributed by atoms with E-state index >= 15 is 0 Å². The highest BCUT2D eigenvalue weighted by Gasteiger charge is 2.22. The third kappa shape index (κ3) is 8.83. The third-order valence-corrected chi connectivity index (χ3v) is 5.96. The number of rotatable bonds is 5. The molecule has 0 atom stereocenters. The lowest BCUT2D eigenvalue weighted by Crippen LogP contribution is -2.27. The molecule has 0 radical (unpaired) electrons. The summed E-state index contributed by atoms with van der Waals surface area (Å²) < 4.78 is 0. The van der Waals surface area contributed by atoms with Gasteiger partial charge in [0.25, 0.3) is 0 Å². The quantitative estimate of drug-likeness (QED) is 0.422. The first-order chi connectivity index (χ1) is 12.7. The summed E-state index contributed by atoms with van der Waals surface area (Å²) in [6, 6.07) is 6.59. The number of nitrogens with one attached hydrogen (secondary N) is 1. The van der Waals surface area contributed by atoms with E-state index in [2.05, 4.69) is 78.9 Å². The van der Waals surface area contributed by atoms with Gasteiger partial charge in [-0.25, -0.2) is 0 Å². The van der Waals surface area contributed by atoms with Crippen molar-refractivity contribution in [1.82, 2.24) is 5.32 Å². The van der Waals surface area contributed by atoms with E-state index in [-0.39, 0.29) is 5.41 Å². The Bertz CT molecular complexity index is 579. The fourth-order valence-electron chi connectivity index (χ4n) is 3.55. The van der Waals surface area contributed by atoms with Gasteiger partial charge in [-0.3, -0.25) is 4.99 Å². The van der Waals surface area contributed by atoms with E-state index in [0.717, 1.165) is 17.4 Å². The van der Waals surface area contributed by atoms with Crippen molar-refractivity contribution in [3.63, 3.8) is 0 Å². The number of aryl methyl sites for hydroxylation is 1. The van der Waals surface area contributed by atoms with Gasteiger partial charge in [-0.1, -0.05) is 61.0 Å². The van der Waals surface area contributed by atoms with Crippen LogP contribution in [-0.4, -0.2) is 24.6 Å². The molecule has 3 heteroatoms. The molecule has 1 aliphatic heterocycles. The summed E-state index contributed by atoms with van der Waals surface area (Å²) in [6.07, 6.45) is 4.18. The highest BCUT2D eigenvalue weighted by molar-refractivity contribution is 7.99. The lowest BCUT2D eigenvalue weighted by molar-refractivity contribution is 0.365. The van der Waals surface area contributed by atoms with Crippen LogP contribution in [0.2, 0.25) is 0 Å². The Balaban J connectivity index is 0.000000377. The molecular weight excluding hydrogens is 348 g/mol. The van der Waals surface area contributed by atoms with Crippen LogP contribution in [0.5, 0.6) is 0 Å². The third-order valence-electron chi connectivity index (χ3n) is 5.08. The van der Waals surface area contributed by atoms with E-state index in [1.165, 1.54) is 48.5 Å². The summed E-state index contributed by atoms with van der Waals surface area (Å²) in [5.41, 5.74) is 3.77. The summed E-state index contributed by atoms with van der Waals surface area (Å²) in [5.74, 6) is 2.60. The van der Waals surface area contributed by atoms with Gasteiger partial charge in [-0.15, -0.1) is 11.8 Å². The Hall–Kier alpha value is -0.800. The minimum Gasteiger partial charge on any atom is -0.317 e. The normalized spacial score (nSPS) is 16.3. The molecule has 27 heavy (non-hydrogen) atoms. The summed E-state index contributed by atoms with van der Waals surface area (Å²) in [5, 5.41) is 3.35. The highest BCUT2D eigenvalue weighted by Crippen LogP contribution is 2.30. The van der Waals surface area contributed by atoms with Crippen LogP contribution >= 0.6 is 11.8 Å². The van der Waals surface area contributed by atoms with E-state index in [1.54, 1.807) is 0 Å². The first-order valence-corrected chi connectivity index (χ1v) is 11.7. The van der Waals surface area contributed by atoms with Gasteiger partial charge < -0.3 is 5.32 Å². The average Bonchev–Trinajstić information content (AvgIpc) is 2.62. The van der Waals surface area contributed by atoms with E-state index in [0.29, 0.717) is 5.92 Å². The maximum absolute atomic E-state index is 4.98. The number of aliphatic imine (C=N–C) groups is 1. The van der Waals surface area contributed by atoms with Crippen molar-refractivity contribution >= 4 is 23.2 Å². The van der Waals surface area contributed by atoms with Crippen LogP contribution in [0.15, 0.2) is 28.1 Å². The fraction of sp³-hybridized carbons (Fsp3) is 0.708. The molecule has 2 nitrogen and oxygen atoms in total. The molecule has 154 valence electrons. The van der Waals surface area contributed by atoms with Crippen LogP contribution in [-0.2, 0) is 0 Å². The summed E-state index contributed by atoms with van der Waals surface area (Å²) in [6.45, 7) is 20.3. The van der Waals surface area contributed by atoms with Crippen molar-refractivity contribution in [3.8, 4) is 0 Å². The Kier molecular flexibility index (Phi) is 10.7. The molecule has 2 rings (SSSR count). The first-order valence-electron chi connectivity index (χ1n) is 10.7. The predicted molar refractivity (Wildman–Crippen MR) is 125 cm³/mol. The Labute approximate surface area is 173 Å². The van der Waals surface area contributed by atoms with Crippen LogP contribution in [0.1, 0.15) is 73.3 Å². The second-order valence-electron chi connectivity index (χ2n) is 8.88. The number of thioether (sulfide) groups is 1.